The van der Waals surface area contributed by atoms with Crippen LogP contribution in [0.3, 0.4) is 0 Å². The molecule has 0 amide bonds. The van der Waals surface area contributed by atoms with Crippen molar-refractivity contribution in [2.24, 2.45) is 0 Å². The number of aliphatic hydroxyl groups excluding tert-OH is 2. The van der Waals surface area contributed by atoms with Crippen molar-refractivity contribution < 1.29 is 43.6 Å². The van der Waals surface area contributed by atoms with Crippen LogP contribution in [-0.2, 0) is 0 Å². The summed E-state index contributed by atoms with van der Waals surface area (Å²) in [7, 11) is -2.81. The van der Waals surface area contributed by atoms with Gasteiger partial charge in [-0.15, -0.1) is 10.2 Å². The molecular formula is C17H38ClNO6. The van der Waals surface area contributed by atoms with E-state index < -0.39 is 10.2 Å². The van der Waals surface area contributed by atoms with Crippen LogP contribution in [-0.4, -0.2) is 54.6 Å². The van der Waals surface area contributed by atoms with Crippen molar-refractivity contribution in [3.05, 3.63) is 0 Å². The van der Waals surface area contributed by atoms with E-state index in [4.69, 9.17) is 28.8 Å². The first kappa shape index (κ1) is 27.2. The molecule has 0 saturated carbocycles. The van der Waals surface area contributed by atoms with Gasteiger partial charge in [0.15, 0.2) is 0 Å². The topological polar surface area (TPSA) is 133 Å². The lowest BCUT2D eigenvalue weighted by Gasteiger charge is -2.33. The van der Waals surface area contributed by atoms with Crippen molar-refractivity contribution in [2.45, 2.75) is 71.1 Å². The predicted octanol–water partition coefficient (Wildman–Crippen LogP) is -1.42. The summed E-state index contributed by atoms with van der Waals surface area (Å²) in [6, 6.07) is 0. The van der Waals surface area contributed by atoms with E-state index in [-0.39, 0.29) is 13.2 Å². The third-order valence-corrected chi connectivity index (χ3v) is 4.33. The molecule has 0 bridgehead atoms. The Balaban J connectivity index is 0. The average molecular weight is 388 g/mol. The van der Waals surface area contributed by atoms with E-state index in [9.17, 15) is 0 Å². The Morgan fingerprint density at radius 2 is 0.960 bits per heavy atom. The molecule has 0 rings (SSSR count). The minimum absolute atomic E-state index is 0.217. The monoisotopic (exact) mass is 387 g/mol. The lowest BCUT2D eigenvalue weighted by Crippen LogP contribution is -2.68. The highest BCUT2D eigenvalue weighted by Gasteiger charge is 2.19. The van der Waals surface area contributed by atoms with Gasteiger partial charge >= 0.3 is 0 Å². The van der Waals surface area contributed by atoms with Crippen LogP contribution in [0.25, 0.3) is 0 Å². The fourth-order valence-corrected chi connectivity index (χ4v) is 2.80. The van der Waals surface area contributed by atoms with Crippen LogP contribution in [0.1, 0.15) is 71.1 Å². The summed E-state index contributed by atoms with van der Waals surface area (Å²) in [6.07, 6.45) is 13.6. The van der Waals surface area contributed by atoms with Crippen LogP contribution in [0.2, 0.25) is 0 Å². The molecule has 0 spiro atoms. The molecular weight excluding hydrogens is 350 g/mol. The predicted molar refractivity (Wildman–Crippen MR) is 86.8 cm³/mol. The lowest BCUT2D eigenvalue weighted by molar-refractivity contribution is -2.00. The second-order valence-corrected chi connectivity index (χ2v) is 7.55. The van der Waals surface area contributed by atoms with Gasteiger partial charge in [-0.2, -0.15) is 0 Å². The fourth-order valence-electron chi connectivity index (χ4n) is 2.80. The first-order chi connectivity index (χ1) is 11.7. The molecule has 0 unspecified atom stereocenters. The number of unbranched alkanes of at least 4 members (excludes halogenated alkanes) is 9. The van der Waals surface area contributed by atoms with Crippen LogP contribution in [0.15, 0.2) is 0 Å². The van der Waals surface area contributed by atoms with Crippen molar-refractivity contribution in [2.75, 3.05) is 39.9 Å². The first-order valence-corrected chi connectivity index (χ1v) is 10.6. The number of halogens is 1. The van der Waals surface area contributed by atoms with Gasteiger partial charge in [-0.25, -0.2) is 18.6 Å². The summed E-state index contributed by atoms with van der Waals surface area (Å²) in [5.41, 5.74) is 0. The quantitative estimate of drug-likeness (QED) is 0.262. The van der Waals surface area contributed by atoms with E-state index in [1.54, 1.807) is 0 Å². The highest BCUT2D eigenvalue weighted by Crippen LogP contribution is 2.12. The van der Waals surface area contributed by atoms with E-state index >= 15 is 0 Å². The molecule has 0 aromatic heterocycles. The molecule has 0 heterocycles. The summed E-state index contributed by atoms with van der Waals surface area (Å²) >= 11 is 0. The SMILES string of the molecule is CCCCCCCCCCCC[N+](C)(CCO)CCO.[O-][Cl+3]([O-])([O-])[O-]. The van der Waals surface area contributed by atoms with Gasteiger partial charge in [-0.3, -0.25) is 0 Å². The standard InChI is InChI=1S/C17H38NO2.ClHO4/c1-3-4-5-6-7-8-9-10-11-12-13-18(2,14-16-19)15-17-20;2-1(3,4)5/h19-20H,3-17H2,1-2H3;(H,2,3,4,5)/q+1;/p-1. The van der Waals surface area contributed by atoms with Crippen molar-refractivity contribution in [3.8, 4) is 0 Å². The van der Waals surface area contributed by atoms with Crippen molar-refractivity contribution >= 4 is 0 Å². The van der Waals surface area contributed by atoms with E-state index in [0.717, 1.165) is 24.1 Å². The van der Waals surface area contributed by atoms with Gasteiger partial charge in [0.25, 0.3) is 0 Å². The Bertz CT molecular complexity index is 264. The van der Waals surface area contributed by atoms with E-state index in [2.05, 4.69) is 14.0 Å². The van der Waals surface area contributed by atoms with Gasteiger partial charge < -0.3 is 14.7 Å². The van der Waals surface area contributed by atoms with E-state index in [0.29, 0.717) is 0 Å². The van der Waals surface area contributed by atoms with Crippen LogP contribution in [0.5, 0.6) is 0 Å². The van der Waals surface area contributed by atoms with Gasteiger partial charge in [-0.05, 0) is 12.8 Å². The molecule has 0 radical (unpaired) electrons. The zero-order chi connectivity index (χ0) is 19.6. The molecule has 2 N–H and O–H groups in total. The van der Waals surface area contributed by atoms with Crippen molar-refractivity contribution in [3.63, 3.8) is 0 Å². The number of hydrogen-bond acceptors (Lipinski definition) is 6. The van der Waals surface area contributed by atoms with Gasteiger partial charge in [-0.1, -0.05) is 58.3 Å². The summed E-state index contributed by atoms with van der Waals surface area (Å²) in [4.78, 5) is 0. The number of likely N-dealkylation sites (N-methyl/N-ethyl adjacent to an activating group) is 1. The molecule has 0 aliphatic carbocycles. The molecule has 154 valence electrons. The molecule has 0 saturated heterocycles. The highest BCUT2D eigenvalue weighted by atomic mass is 35.7. The summed E-state index contributed by atoms with van der Waals surface area (Å²) in [6.45, 7) is 5.30. The van der Waals surface area contributed by atoms with Gasteiger partial charge in [0, 0.05) is 0 Å². The third kappa shape index (κ3) is 26.3. The van der Waals surface area contributed by atoms with Crippen LogP contribution < -0.4 is 18.6 Å². The zero-order valence-corrected chi connectivity index (χ0v) is 16.7. The maximum Gasteiger partial charge on any atom is 0.102 e. The van der Waals surface area contributed by atoms with Gasteiger partial charge in [0.1, 0.15) is 13.1 Å². The summed E-state index contributed by atoms with van der Waals surface area (Å²) in [5, 5.41) is 18.2. The minimum atomic E-state index is -4.94. The molecule has 25 heavy (non-hydrogen) atoms. The van der Waals surface area contributed by atoms with E-state index in [1.807, 2.05) is 0 Å². The van der Waals surface area contributed by atoms with Gasteiger partial charge in [0.2, 0.25) is 0 Å². The van der Waals surface area contributed by atoms with Crippen molar-refractivity contribution in [1.82, 2.24) is 0 Å². The fraction of sp³-hybridized carbons (Fsp3) is 1.00. The zero-order valence-electron chi connectivity index (χ0n) is 16.0. The van der Waals surface area contributed by atoms with Crippen molar-refractivity contribution in [1.29, 1.82) is 0 Å². The smallest absolute Gasteiger partial charge is 0.102 e. The normalized spacial score (nSPS) is 12.0. The average Bonchev–Trinajstić information content (AvgIpc) is 2.48. The molecule has 0 fully saturated rings. The Morgan fingerprint density at radius 1 is 0.640 bits per heavy atom. The summed E-state index contributed by atoms with van der Waals surface area (Å²) in [5.74, 6) is 0. The molecule has 0 atom stereocenters. The lowest BCUT2D eigenvalue weighted by atomic mass is 10.1. The Hall–Kier alpha value is 0.01000. The second-order valence-electron chi connectivity index (χ2n) is 6.80. The number of rotatable bonds is 15. The van der Waals surface area contributed by atoms with Gasteiger partial charge in [0.05, 0.1) is 26.8 Å². The Labute approximate surface area is 155 Å². The first-order valence-electron chi connectivity index (χ1n) is 9.35. The largest absolute Gasteiger partial charge is 0.391 e. The second kappa shape index (κ2) is 17.4. The number of nitrogens with zero attached hydrogens (tertiary/aromatic N) is 1. The third-order valence-electron chi connectivity index (χ3n) is 4.33. The maximum atomic E-state index is 9.09. The molecule has 0 aromatic rings. The molecule has 7 nitrogen and oxygen atoms in total. The number of quaternary nitrogens is 1. The van der Waals surface area contributed by atoms with Crippen LogP contribution in [0.4, 0.5) is 0 Å². The Kier molecular flexibility index (Phi) is 19.0. The maximum absolute atomic E-state index is 9.09. The van der Waals surface area contributed by atoms with Crippen LogP contribution in [0, 0.1) is 10.2 Å². The minimum Gasteiger partial charge on any atom is -0.391 e. The molecule has 0 aliphatic heterocycles. The highest BCUT2D eigenvalue weighted by molar-refractivity contribution is 4.48. The molecule has 0 aliphatic rings. The van der Waals surface area contributed by atoms with E-state index in [1.165, 1.54) is 64.2 Å². The summed E-state index contributed by atoms with van der Waals surface area (Å²) < 4.78 is 34.8. The number of hydrogen-bond donors (Lipinski definition) is 2. The van der Waals surface area contributed by atoms with Crippen LogP contribution >= 0.6 is 0 Å². The Morgan fingerprint density at radius 3 is 1.28 bits per heavy atom. The molecule has 8 heteroatoms. The number of aliphatic hydroxyl groups is 2. The molecule has 0 aromatic carbocycles.